The zero-order valence-corrected chi connectivity index (χ0v) is 12.0. The van der Waals surface area contributed by atoms with E-state index in [9.17, 15) is 9.59 Å². The van der Waals surface area contributed by atoms with E-state index in [0.717, 1.165) is 24.0 Å². The molecule has 2 aromatic carbocycles. The molecule has 2 aromatic rings. The van der Waals surface area contributed by atoms with E-state index >= 15 is 0 Å². The minimum Gasteiger partial charge on any atom is -0.315 e. The van der Waals surface area contributed by atoms with Crippen LogP contribution in [0.15, 0.2) is 60.7 Å². The fourth-order valence-electron chi connectivity index (χ4n) is 3.15. The van der Waals surface area contributed by atoms with Gasteiger partial charge in [0.2, 0.25) is 0 Å². The number of benzene rings is 2. The normalized spacial score (nSPS) is 20.1. The van der Waals surface area contributed by atoms with Crippen LogP contribution in [-0.4, -0.2) is 22.9 Å². The number of urea groups is 1. The van der Waals surface area contributed by atoms with Gasteiger partial charge in [-0.3, -0.25) is 9.69 Å². The third kappa shape index (κ3) is 1.77. The Morgan fingerprint density at radius 1 is 0.864 bits per heavy atom. The molecular formula is C18H16N2O2. The number of nitrogens with one attached hydrogen (secondary N) is 1. The molecule has 1 heterocycles. The van der Waals surface area contributed by atoms with Crippen LogP contribution in [0.1, 0.15) is 24.0 Å². The monoisotopic (exact) mass is 292 g/mol. The summed E-state index contributed by atoms with van der Waals surface area (Å²) < 4.78 is 0. The van der Waals surface area contributed by atoms with E-state index < -0.39 is 5.54 Å². The highest BCUT2D eigenvalue weighted by molar-refractivity contribution is 6.10. The number of hydrogen-bond donors (Lipinski definition) is 1. The quantitative estimate of drug-likeness (QED) is 0.884. The highest BCUT2D eigenvalue weighted by Crippen LogP contribution is 2.40. The van der Waals surface area contributed by atoms with Gasteiger partial charge in [0.05, 0.1) is 0 Å². The molecular weight excluding hydrogens is 276 g/mol. The second kappa shape index (κ2) is 4.70. The predicted molar refractivity (Wildman–Crippen MR) is 82.1 cm³/mol. The number of imide groups is 1. The fraction of sp³-hybridized carbons (Fsp3) is 0.222. The van der Waals surface area contributed by atoms with Crippen LogP contribution in [-0.2, 0) is 10.3 Å². The maximum Gasteiger partial charge on any atom is 0.325 e. The summed E-state index contributed by atoms with van der Waals surface area (Å²) in [6.45, 7) is 0. The minimum atomic E-state index is -1.11. The van der Waals surface area contributed by atoms with Crippen LogP contribution in [0.5, 0.6) is 0 Å². The molecule has 0 aromatic heterocycles. The van der Waals surface area contributed by atoms with E-state index in [4.69, 9.17) is 0 Å². The maximum absolute atomic E-state index is 13.2. The Labute approximate surface area is 128 Å². The summed E-state index contributed by atoms with van der Waals surface area (Å²) in [6, 6.07) is 18.7. The van der Waals surface area contributed by atoms with Gasteiger partial charge in [0.25, 0.3) is 5.91 Å². The highest BCUT2D eigenvalue weighted by atomic mass is 16.2. The summed E-state index contributed by atoms with van der Waals surface area (Å²) in [7, 11) is 0. The third-order valence-electron chi connectivity index (χ3n) is 4.38. The summed E-state index contributed by atoms with van der Waals surface area (Å²) in [6.07, 6.45) is 1.80. The van der Waals surface area contributed by atoms with Crippen molar-refractivity contribution in [3.8, 4) is 0 Å². The van der Waals surface area contributed by atoms with Crippen molar-refractivity contribution in [3.63, 3.8) is 0 Å². The van der Waals surface area contributed by atoms with Crippen LogP contribution in [0.3, 0.4) is 0 Å². The van der Waals surface area contributed by atoms with E-state index in [1.807, 2.05) is 60.7 Å². The van der Waals surface area contributed by atoms with Crippen molar-refractivity contribution in [2.75, 3.05) is 0 Å². The van der Waals surface area contributed by atoms with Crippen molar-refractivity contribution < 1.29 is 9.59 Å². The standard InChI is InChI=1S/C18H16N2O2/c21-16-18(13-7-3-1-4-8-13,14-9-5-2-6-10-14)19-17(22)20(16)15-11-12-15/h1-10,15H,11-12H2,(H,19,22). The first-order chi connectivity index (χ1) is 10.7. The number of rotatable bonds is 3. The summed E-state index contributed by atoms with van der Waals surface area (Å²) in [5, 5.41) is 2.96. The largest absolute Gasteiger partial charge is 0.325 e. The first-order valence-electron chi connectivity index (χ1n) is 7.50. The lowest BCUT2D eigenvalue weighted by atomic mass is 9.82. The predicted octanol–water partition coefficient (Wildman–Crippen LogP) is 2.64. The molecule has 0 spiro atoms. The summed E-state index contributed by atoms with van der Waals surface area (Å²) >= 11 is 0. The lowest BCUT2D eigenvalue weighted by Gasteiger charge is -2.28. The Balaban J connectivity index is 1.91. The molecule has 1 aliphatic carbocycles. The first-order valence-corrected chi connectivity index (χ1v) is 7.50. The number of carbonyl (C=O) groups is 2. The second-order valence-electron chi connectivity index (χ2n) is 5.82. The zero-order chi connectivity index (χ0) is 15.2. The Morgan fingerprint density at radius 2 is 1.36 bits per heavy atom. The molecule has 4 heteroatoms. The van der Waals surface area contributed by atoms with Crippen molar-refractivity contribution in [3.05, 3.63) is 71.8 Å². The van der Waals surface area contributed by atoms with Gasteiger partial charge in [0.15, 0.2) is 5.54 Å². The van der Waals surface area contributed by atoms with Gasteiger partial charge in [-0.1, -0.05) is 60.7 Å². The topological polar surface area (TPSA) is 49.4 Å². The second-order valence-corrected chi connectivity index (χ2v) is 5.82. The first kappa shape index (κ1) is 13.1. The summed E-state index contributed by atoms with van der Waals surface area (Å²) in [4.78, 5) is 27.0. The molecule has 0 radical (unpaired) electrons. The average molecular weight is 292 g/mol. The molecule has 3 amide bonds. The van der Waals surface area contributed by atoms with Gasteiger partial charge < -0.3 is 5.32 Å². The number of amides is 3. The van der Waals surface area contributed by atoms with Crippen molar-refractivity contribution in [1.29, 1.82) is 0 Å². The Kier molecular flexibility index (Phi) is 2.79. The van der Waals surface area contributed by atoms with Crippen LogP contribution in [0.2, 0.25) is 0 Å². The molecule has 2 aliphatic rings. The molecule has 22 heavy (non-hydrogen) atoms. The van der Waals surface area contributed by atoms with E-state index in [2.05, 4.69) is 5.32 Å². The molecule has 0 atom stereocenters. The average Bonchev–Trinajstić information content (AvgIpc) is 3.35. The van der Waals surface area contributed by atoms with Crippen LogP contribution in [0.4, 0.5) is 4.79 Å². The van der Waals surface area contributed by atoms with Crippen LogP contribution < -0.4 is 5.32 Å². The van der Waals surface area contributed by atoms with Gasteiger partial charge in [-0.05, 0) is 24.0 Å². The molecule has 1 aliphatic heterocycles. The van der Waals surface area contributed by atoms with Crippen LogP contribution in [0, 0.1) is 0 Å². The van der Waals surface area contributed by atoms with Gasteiger partial charge in [0.1, 0.15) is 0 Å². The highest BCUT2D eigenvalue weighted by Gasteiger charge is 2.57. The number of hydrogen-bond acceptors (Lipinski definition) is 2. The lowest BCUT2D eigenvalue weighted by Crippen LogP contribution is -2.45. The smallest absolute Gasteiger partial charge is 0.315 e. The Bertz CT molecular complexity index is 684. The van der Waals surface area contributed by atoms with Gasteiger partial charge in [-0.15, -0.1) is 0 Å². The SMILES string of the molecule is O=C1NC(c2ccccc2)(c2ccccc2)C(=O)N1C1CC1. The fourth-order valence-corrected chi connectivity index (χ4v) is 3.15. The zero-order valence-electron chi connectivity index (χ0n) is 12.0. The molecule has 110 valence electrons. The minimum absolute atomic E-state index is 0.0572. The van der Waals surface area contributed by atoms with E-state index in [1.54, 1.807) is 0 Å². The maximum atomic E-state index is 13.2. The Hall–Kier alpha value is -2.62. The summed E-state index contributed by atoms with van der Waals surface area (Å²) in [5.41, 5.74) is 0.479. The molecule has 1 saturated carbocycles. The number of carbonyl (C=O) groups excluding carboxylic acids is 2. The molecule has 4 nitrogen and oxygen atoms in total. The van der Waals surface area contributed by atoms with Crippen molar-refractivity contribution >= 4 is 11.9 Å². The van der Waals surface area contributed by atoms with Gasteiger partial charge in [-0.2, -0.15) is 0 Å². The van der Waals surface area contributed by atoms with E-state index in [1.165, 1.54) is 4.90 Å². The molecule has 0 bridgehead atoms. The van der Waals surface area contributed by atoms with Crippen molar-refractivity contribution in [2.45, 2.75) is 24.4 Å². The molecule has 1 saturated heterocycles. The molecule has 0 unspecified atom stereocenters. The molecule has 4 rings (SSSR count). The lowest BCUT2D eigenvalue weighted by molar-refractivity contribution is -0.130. The van der Waals surface area contributed by atoms with E-state index in [-0.39, 0.29) is 18.0 Å². The van der Waals surface area contributed by atoms with Gasteiger partial charge in [0, 0.05) is 6.04 Å². The van der Waals surface area contributed by atoms with Crippen molar-refractivity contribution in [2.24, 2.45) is 0 Å². The molecule has 2 fully saturated rings. The van der Waals surface area contributed by atoms with Gasteiger partial charge >= 0.3 is 6.03 Å². The van der Waals surface area contributed by atoms with Crippen molar-refractivity contribution in [1.82, 2.24) is 10.2 Å². The van der Waals surface area contributed by atoms with Gasteiger partial charge in [-0.25, -0.2) is 4.79 Å². The van der Waals surface area contributed by atoms with Crippen LogP contribution in [0.25, 0.3) is 0 Å². The van der Waals surface area contributed by atoms with E-state index in [0.29, 0.717) is 0 Å². The van der Waals surface area contributed by atoms with Crippen LogP contribution >= 0.6 is 0 Å². The molecule has 1 N–H and O–H groups in total. The Morgan fingerprint density at radius 3 is 1.82 bits per heavy atom. The number of nitrogens with zero attached hydrogens (tertiary/aromatic N) is 1. The third-order valence-corrected chi connectivity index (χ3v) is 4.38. The summed E-state index contributed by atoms with van der Waals surface area (Å²) in [5.74, 6) is -0.169.